The second kappa shape index (κ2) is 5.54. The molecule has 2 rings (SSSR count). The van der Waals surface area contributed by atoms with Crippen molar-refractivity contribution in [3.8, 4) is 0 Å². The molecule has 0 bridgehead atoms. The van der Waals surface area contributed by atoms with E-state index in [0.29, 0.717) is 15.6 Å². The van der Waals surface area contributed by atoms with Gasteiger partial charge in [-0.15, -0.1) is 0 Å². The van der Waals surface area contributed by atoms with E-state index < -0.39 is 4.92 Å². The van der Waals surface area contributed by atoms with Gasteiger partial charge < -0.3 is 0 Å². The van der Waals surface area contributed by atoms with Crippen molar-refractivity contribution in [1.29, 1.82) is 0 Å². The van der Waals surface area contributed by atoms with Gasteiger partial charge in [-0.3, -0.25) is 14.9 Å². The molecule has 4 nitrogen and oxygen atoms in total. The van der Waals surface area contributed by atoms with E-state index in [4.69, 9.17) is 0 Å². The fraction of sp³-hybridized carbons (Fsp3) is 0.133. The minimum absolute atomic E-state index is 0.111. The van der Waals surface area contributed by atoms with Gasteiger partial charge in [-0.1, -0.05) is 23.8 Å². The van der Waals surface area contributed by atoms with Crippen LogP contribution >= 0.6 is 15.9 Å². The van der Waals surface area contributed by atoms with Crippen LogP contribution in [0.3, 0.4) is 0 Å². The van der Waals surface area contributed by atoms with Gasteiger partial charge in [0.2, 0.25) is 0 Å². The van der Waals surface area contributed by atoms with Crippen molar-refractivity contribution in [1.82, 2.24) is 0 Å². The number of halogens is 1. The molecule has 0 atom stereocenters. The van der Waals surface area contributed by atoms with E-state index in [-0.39, 0.29) is 11.5 Å². The molecule has 20 heavy (non-hydrogen) atoms. The lowest BCUT2D eigenvalue weighted by Crippen LogP contribution is -2.05. The maximum Gasteiger partial charge on any atom is 0.284 e. The Bertz CT molecular complexity index is 710. The number of hydrogen-bond donors (Lipinski definition) is 0. The van der Waals surface area contributed by atoms with Crippen LogP contribution in [0.15, 0.2) is 40.9 Å². The highest BCUT2D eigenvalue weighted by Gasteiger charge is 2.18. The van der Waals surface area contributed by atoms with E-state index >= 15 is 0 Å². The first kappa shape index (κ1) is 14.4. The van der Waals surface area contributed by atoms with Crippen LogP contribution in [-0.2, 0) is 0 Å². The Labute approximate surface area is 124 Å². The molecule has 0 saturated heterocycles. The monoisotopic (exact) mass is 333 g/mol. The zero-order valence-electron chi connectivity index (χ0n) is 11.0. The van der Waals surface area contributed by atoms with Crippen molar-refractivity contribution in [3.05, 3.63) is 73.2 Å². The number of nitro groups is 1. The summed E-state index contributed by atoms with van der Waals surface area (Å²) in [6.07, 6.45) is 0. The lowest BCUT2D eigenvalue weighted by atomic mass is 9.97. The highest BCUT2D eigenvalue weighted by molar-refractivity contribution is 9.10. The Morgan fingerprint density at radius 2 is 1.85 bits per heavy atom. The molecule has 0 saturated carbocycles. The van der Waals surface area contributed by atoms with Crippen molar-refractivity contribution in [2.75, 3.05) is 0 Å². The van der Waals surface area contributed by atoms with Gasteiger partial charge in [0.05, 0.1) is 9.40 Å². The lowest BCUT2D eigenvalue weighted by Gasteiger charge is -2.06. The molecule has 0 heterocycles. The average Bonchev–Trinajstić information content (AvgIpc) is 2.38. The number of rotatable bonds is 3. The normalized spacial score (nSPS) is 10.3. The number of ketones is 1. The van der Waals surface area contributed by atoms with E-state index in [1.165, 1.54) is 12.1 Å². The predicted octanol–water partition coefficient (Wildman–Crippen LogP) is 4.21. The highest BCUT2D eigenvalue weighted by Crippen LogP contribution is 2.27. The Balaban J connectivity index is 2.48. The van der Waals surface area contributed by atoms with E-state index in [1.807, 2.05) is 26.0 Å². The van der Waals surface area contributed by atoms with Crippen LogP contribution in [0.1, 0.15) is 27.0 Å². The Morgan fingerprint density at radius 1 is 1.15 bits per heavy atom. The molecule has 0 aliphatic rings. The molecule has 0 fully saturated rings. The third-order valence-electron chi connectivity index (χ3n) is 3.03. The Morgan fingerprint density at radius 3 is 2.45 bits per heavy atom. The fourth-order valence-electron chi connectivity index (χ4n) is 2.02. The fourth-order valence-corrected chi connectivity index (χ4v) is 2.41. The molecule has 0 unspecified atom stereocenters. The molecule has 0 spiro atoms. The molecule has 0 aliphatic heterocycles. The molecule has 0 aromatic heterocycles. The van der Waals surface area contributed by atoms with Crippen molar-refractivity contribution >= 4 is 27.4 Å². The van der Waals surface area contributed by atoms with Crippen molar-refractivity contribution < 1.29 is 9.72 Å². The largest absolute Gasteiger partial charge is 0.289 e. The van der Waals surface area contributed by atoms with Gasteiger partial charge in [0, 0.05) is 17.2 Å². The summed E-state index contributed by atoms with van der Waals surface area (Å²) >= 11 is 3.11. The average molecular weight is 334 g/mol. The SMILES string of the molecule is Cc1ccc(C(=O)c2ccc(Br)c([N+](=O)[O-])c2)c(C)c1. The van der Waals surface area contributed by atoms with Gasteiger partial charge >= 0.3 is 0 Å². The summed E-state index contributed by atoms with van der Waals surface area (Å²) in [5.41, 5.74) is 2.70. The predicted molar refractivity (Wildman–Crippen MR) is 80.1 cm³/mol. The third-order valence-corrected chi connectivity index (χ3v) is 3.70. The van der Waals surface area contributed by atoms with Crippen LogP contribution in [-0.4, -0.2) is 10.7 Å². The molecule has 5 heteroatoms. The highest BCUT2D eigenvalue weighted by atomic mass is 79.9. The van der Waals surface area contributed by atoms with Crippen LogP contribution in [0.25, 0.3) is 0 Å². The number of nitro benzene ring substituents is 1. The summed E-state index contributed by atoms with van der Waals surface area (Å²) < 4.78 is 0.361. The van der Waals surface area contributed by atoms with Gasteiger partial charge in [0.15, 0.2) is 5.78 Å². The first-order valence-corrected chi connectivity index (χ1v) is 6.75. The number of carbonyl (C=O) groups excluding carboxylic acids is 1. The molecule has 2 aromatic carbocycles. The summed E-state index contributed by atoms with van der Waals surface area (Å²) in [6.45, 7) is 3.80. The molecule has 0 radical (unpaired) electrons. The molecule has 0 N–H and O–H groups in total. The van der Waals surface area contributed by atoms with Crippen molar-refractivity contribution in [3.63, 3.8) is 0 Å². The second-order valence-electron chi connectivity index (χ2n) is 4.57. The zero-order valence-corrected chi connectivity index (χ0v) is 12.6. The molecule has 0 amide bonds. The van der Waals surface area contributed by atoms with Crippen LogP contribution in [0.4, 0.5) is 5.69 Å². The summed E-state index contributed by atoms with van der Waals surface area (Å²) in [5.74, 6) is -0.210. The van der Waals surface area contributed by atoms with E-state index in [2.05, 4.69) is 15.9 Å². The van der Waals surface area contributed by atoms with Crippen molar-refractivity contribution in [2.24, 2.45) is 0 Å². The van der Waals surface area contributed by atoms with Gasteiger partial charge in [-0.2, -0.15) is 0 Å². The van der Waals surface area contributed by atoms with Crippen LogP contribution < -0.4 is 0 Å². The molecular formula is C15H12BrNO3. The van der Waals surface area contributed by atoms with Gasteiger partial charge in [0.25, 0.3) is 5.69 Å². The third kappa shape index (κ3) is 2.77. The molecule has 0 aliphatic carbocycles. The summed E-state index contributed by atoms with van der Waals surface area (Å²) in [7, 11) is 0. The van der Waals surface area contributed by atoms with E-state index in [1.54, 1.807) is 12.1 Å². The minimum Gasteiger partial charge on any atom is -0.289 e. The van der Waals surface area contributed by atoms with Crippen LogP contribution in [0.2, 0.25) is 0 Å². The zero-order chi connectivity index (χ0) is 14.9. The van der Waals surface area contributed by atoms with Crippen LogP contribution in [0.5, 0.6) is 0 Å². The molecule has 102 valence electrons. The number of nitrogens with zero attached hydrogens (tertiary/aromatic N) is 1. The maximum absolute atomic E-state index is 12.4. The summed E-state index contributed by atoms with van der Waals surface area (Å²) in [6, 6.07) is 9.92. The lowest BCUT2D eigenvalue weighted by molar-refractivity contribution is -0.385. The number of benzene rings is 2. The second-order valence-corrected chi connectivity index (χ2v) is 5.43. The number of aryl methyl sites for hydroxylation is 2. The van der Waals surface area contributed by atoms with E-state index in [9.17, 15) is 14.9 Å². The van der Waals surface area contributed by atoms with Crippen molar-refractivity contribution in [2.45, 2.75) is 13.8 Å². The summed E-state index contributed by atoms with van der Waals surface area (Å²) in [4.78, 5) is 22.8. The van der Waals surface area contributed by atoms with Gasteiger partial charge in [-0.25, -0.2) is 0 Å². The number of carbonyl (C=O) groups is 1. The first-order chi connectivity index (χ1) is 9.40. The summed E-state index contributed by atoms with van der Waals surface area (Å²) in [5, 5.41) is 10.9. The minimum atomic E-state index is -0.511. The molecular weight excluding hydrogens is 322 g/mol. The Kier molecular flexibility index (Phi) is 3.99. The van der Waals surface area contributed by atoms with Gasteiger partial charge in [0.1, 0.15) is 0 Å². The quantitative estimate of drug-likeness (QED) is 0.480. The van der Waals surface area contributed by atoms with E-state index in [0.717, 1.165) is 11.1 Å². The van der Waals surface area contributed by atoms with Crippen LogP contribution in [0, 0.1) is 24.0 Å². The van der Waals surface area contributed by atoms with Gasteiger partial charge in [-0.05, 0) is 47.5 Å². The number of hydrogen-bond acceptors (Lipinski definition) is 3. The maximum atomic E-state index is 12.4. The standard InChI is InChI=1S/C15H12BrNO3/c1-9-3-5-12(10(2)7-9)15(18)11-4-6-13(16)14(8-11)17(19)20/h3-8H,1-2H3. The Hall–Kier alpha value is -2.01. The smallest absolute Gasteiger partial charge is 0.284 e. The first-order valence-electron chi connectivity index (χ1n) is 5.96. The topological polar surface area (TPSA) is 60.2 Å². The molecule has 2 aromatic rings.